The normalized spacial score (nSPS) is 12.2. The molecule has 0 saturated carbocycles. The molecule has 1 heterocycles. The zero-order chi connectivity index (χ0) is 13.7. The molecule has 0 saturated heterocycles. The number of carboxylic acid groups (broad SMARTS) is 1. The molecule has 0 aliphatic carbocycles. The summed E-state index contributed by atoms with van der Waals surface area (Å²) in [7, 11) is 1.62. The summed E-state index contributed by atoms with van der Waals surface area (Å²) in [5.41, 5.74) is 1.69. The Morgan fingerprint density at radius 1 is 1.56 bits per heavy atom. The van der Waals surface area contributed by atoms with Gasteiger partial charge in [-0.2, -0.15) is 0 Å². The summed E-state index contributed by atoms with van der Waals surface area (Å²) >= 11 is 1.45. The topological polar surface area (TPSA) is 82.5 Å². The molecule has 1 rings (SSSR count). The number of aliphatic carboxylic acids is 1. The van der Waals surface area contributed by atoms with Gasteiger partial charge in [-0.05, 0) is 5.92 Å². The molecule has 1 aromatic rings. The molecule has 0 radical (unpaired) electrons. The number of aromatic nitrogens is 1. The third-order valence-corrected chi connectivity index (χ3v) is 3.20. The molecule has 2 N–H and O–H groups in total. The quantitative estimate of drug-likeness (QED) is 0.848. The highest BCUT2D eigenvalue weighted by Crippen LogP contribution is 2.09. The van der Waals surface area contributed by atoms with Crippen LogP contribution in [0.3, 0.4) is 0 Å². The number of hydrogen-bond donors (Lipinski definition) is 2. The van der Waals surface area contributed by atoms with E-state index < -0.39 is 18.0 Å². The molecule has 1 atom stereocenters. The summed E-state index contributed by atoms with van der Waals surface area (Å²) in [4.78, 5) is 29.1. The first-order valence-corrected chi connectivity index (χ1v) is 6.41. The Bertz CT molecular complexity index is 406. The van der Waals surface area contributed by atoms with Gasteiger partial charge in [0, 0.05) is 18.1 Å². The smallest absolute Gasteiger partial charge is 0.326 e. The fraction of sp³-hybridized carbons (Fsp3) is 0.545. The second kappa shape index (κ2) is 6.34. The zero-order valence-electron chi connectivity index (χ0n) is 10.6. The van der Waals surface area contributed by atoms with Crippen molar-refractivity contribution >= 4 is 23.3 Å². The Hall–Kier alpha value is -1.63. The van der Waals surface area contributed by atoms with Crippen LogP contribution in [0.4, 0.5) is 4.79 Å². The second-order valence-electron chi connectivity index (χ2n) is 4.33. The number of nitrogens with zero attached hydrogens (tertiary/aromatic N) is 2. The van der Waals surface area contributed by atoms with Crippen LogP contribution < -0.4 is 5.32 Å². The van der Waals surface area contributed by atoms with Crippen LogP contribution in [-0.4, -0.2) is 40.1 Å². The van der Waals surface area contributed by atoms with E-state index >= 15 is 0 Å². The Balaban J connectivity index is 2.56. The van der Waals surface area contributed by atoms with Crippen LogP contribution in [0.2, 0.25) is 0 Å². The van der Waals surface area contributed by atoms with E-state index in [1.807, 2.05) is 0 Å². The summed E-state index contributed by atoms with van der Waals surface area (Å²) < 4.78 is 0. The van der Waals surface area contributed by atoms with E-state index in [1.165, 1.54) is 16.2 Å². The van der Waals surface area contributed by atoms with Gasteiger partial charge in [0.25, 0.3) is 0 Å². The van der Waals surface area contributed by atoms with Gasteiger partial charge in [0.05, 0.1) is 12.1 Å². The van der Waals surface area contributed by atoms with Crippen LogP contribution in [0, 0.1) is 5.92 Å². The zero-order valence-corrected chi connectivity index (χ0v) is 11.4. The lowest BCUT2D eigenvalue weighted by Crippen LogP contribution is -2.48. The minimum Gasteiger partial charge on any atom is -0.480 e. The highest BCUT2D eigenvalue weighted by Gasteiger charge is 2.24. The van der Waals surface area contributed by atoms with Crippen molar-refractivity contribution in [3.63, 3.8) is 0 Å². The lowest BCUT2D eigenvalue weighted by molar-refractivity contribution is -0.140. The van der Waals surface area contributed by atoms with Crippen LogP contribution in [0.25, 0.3) is 0 Å². The van der Waals surface area contributed by atoms with Crippen molar-refractivity contribution in [1.82, 2.24) is 15.2 Å². The molecule has 100 valence electrons. The summed E-state index contributed by atoms with van der Waals surface area (Å²) in [6.45, 7) is 3.92. The number of amides is 2. The number of urea groups is 1. The number of carbonyl (C=O) groups is 2. The molecule has 0 unspecified atom stereocenters. The number of hydrogen-bond acceptors (Lipinski definition) is 4. The number of rotatable bonds is 5. The van der Waals surface area contributed by atoms with Crippen molar-refractivity contribution in [2.75, 3.05) is 7.05 Å². The molecule has 0 aromatic carbocycles. The Morgan fingerprint density at radius 3 is 2.67 bits per heavy atom. The molecule has 0 aliphatic rings. The average molecular weight is 271 g/mol. The molecule has 1 aromatic heterocycles. The van der Waals surface area contributed by atoms with E-state index in [1.54, 1.807) is 32.6 Å². The maximum atomic E-state index is 11.8. The van der Waals surface area contributed by atoms with E-state index in [9.17, 15) is 9.59 Å². The predicted molar refractivity (Wildman–Crippen MR) is 68.4 cm³/mol. The van der Waals surface area contributed by atoms with Gasteiger partial charge in [-0.25, -0.2) is 9.59 Å². The van der Waals surface area contributed by atoms with E-state index in [2.05, 4.69) is 10.3 Å². The van der Waals surface area contributed by atoms with Crippen molar-refractivity contribution in [2.24, 2.45) is 5.92 Å². The summed E-state index contributed by atoms with van der Waals surface area (Å²) in [6.07, 6.45) is 1.69. The van der Waals surface area contributed by atoms with Crippen LogP contribution >= 0.6 is 11.3 Å². The van der Waals surface area contributed by atoms with Gasteiger partial charge in [0.1, 0.15) is 6.04 Å². The van der Waals surface area contributed by atoms with Crippen molar-refractivity contribution < 1.29 is 14.7 Å². The van der Waals surface area contributed by atoms with E-state index in [-0.39, 0.29) is 5.92 Å². The van der Waals surface area contributed by atoms with Gasteiger partial charge in [-0.1, -0.05) is 13.8 Å². The molecule has 18 heavy (non-hydrogen) atoms. The van der Waals surface area contributed by atoms with Crippen LogP contribution in [0.1, 0.15) is 18.7 Å². The fourth-order valence-electron chi connectivity index (χ4n) is 1.38. The largest absolute Gasteiger partial charge is 0.480 e. The minimum absolute atomic E-state index is 0.164. The first-order chi connectivity index (χ1) is 8.41. The first kappa shape index (κ1) is 14.4. The van der Waals surface area contributed by atoms with Gasteiger partial charge >= 0.3 is 12.0 Å². The number of carboxylic acids is 1. The lowest BCUT2D eigenvalue weighted by Gasteiger charge is -2.22. The maximum Gasteiger partial charge on any atom is 0.326 e. The molecule has 6 nitrogen and oxygen atoms in total. The van der Waals surface area contributed by atoms with Gasteiger partial charge in [0.2, 0.25) is 0 Å². The third kappa shape index (κ3) is 3.99. The van der Waals surface area contributed by atoms with E-state index in [0.29, 0.717) is 6.54 Å². The van der Waals surface area contributed by atoms with Crippen molar-refractivity contribution in [2.45, 2.75) is 26.4 Å². The highest BCUT2D eigenvalue weighted by molar-refractivity contribution is 7.09. The van der Waals surface area contributed by atoms with Gasteiger partial charge in [-0.3, -0.25) is 4.98 Å². The molecule has 2 amide bonds. The molecule has 7 heteroatoms. The minimum atomic E-state index is -1.02. The number of carbonyl (C=O) groups excluding carboxylic acids is 1. The van der Waals surface area contributed by atoms with Crippen molar-refractivity contribution in [1.29, 1.82) is 0 Å². The molecule has 0 bridgehead atoms. The number of thiazole rings is 1. The summed E-state index contributed by atoms with van der Waals surface area (Å²) in [5, 5.41) is 11.5. The molecule has 0 fully saturated rings. The average Bonchev–Trinajstić information content (AvgIpc) is 2.77. The van der Waals surface area contributed by atoms with Crippen molar-refractivity contribution in [3.8, 4) is 0 Å². The third-order valence-electron chi connectivity index (χ3n) is 2.43. The molecular weight excluding hydrogens is 254 g/mol. The maximum absolute atomic E-state index is 11.8. The van der Waals surface area contributed by atoms with E-state index in [4.69, 9.17) is 5.11 Å². The standard InChI is InChI=1S/C11H17N3O3S/c1-7(2)9(10(15)16)13-11(17)14(3)5-8-4-12-6-18-8/h4,6-7,9H,5H2,1-3H3,(H,13,17)(H,15,16)/t9-/m1/s1. The van der Waals surface area contributed by atoms with Gasteiger partial charge in [-0.15, -0.1) is 11.3 Å². The fourth-order valence-corrected chi connectivity index (χ4v) is 2.03. The molecule has 0 aliphatic heterocycles. The molecule has 0 spiro atoms. The van der Waals surface area contributed by atoms with Crippen LogP contribution in [0.15, 0.2) is 11.7 Å². The van der Waals surface area contributed by atoms with Crippen LogP contribution in [0.5, 0.6) is 0 Å². The monoisotopic (exact) mass is 271 g/mol. The predicted octanol–water partition coefficient (Wildman–Crippen LogP) is 1.39. The van der Waals surface area contributed by atoms with Crippen molar-refractivity contribution in [3.05, 3.63) is 16.6 Å². The summed E-state index contributed by atoms with van der Waals surface area (Å²) in [5.74, 6) is -1.19. The second-order valence-corrected chi connectivity index (χ2v) is 5.30. The van der Waals surface area contributed by atoms with Gasteiger partial charge < -0.3 is 15.3 Å². The van der Waals surface area contributed by atoms with Gasteiger partial charge in [0.15, 0.2) is 0 Å². The Morgan fingerprint density at radius 2 is 2.22 bits per heavy atom. The molecular formula is C11H17N3O3S. The van der Waals surface area contributed by atoms with E-state index in [0.717, 1.165) is 4.88 Å². The first-order valence-electron chi connectivity index (χ1n) is 5.53. The lowest BCUT2D eigenvalue weighted by atomic mass is 10.1. The Kier molecular flexibility index (Phi) is 5.08. The SMILES string of the molecule is CC(C)[C@@H](NC(=O)N(C)Cc1cncs1)C(=O)O. The Labute approximate surface area is 110 Å². The highest BCUT2D eigenvalue weighted by atomic mass is 32.1. The van der Waals surface area contributed by atoms with Crippen LogP contribution in [-0.2, 0) is 11.3 Å². The number of nitrogens with one attached hydrogen (secondary N) is 1. The summed E-state index contributed by atoms with van der Waals surface area (Å²) in [6, 6.07) is -1.27.